The zero-order chi connectivity index (χ0) is 14.2. The largest absolute Gasteiger partial charge is 0.326 e. The molecule has 4 heteroatoms. The van der Waals surface area contributed by atoms with E-state index >= 15 is 0 Å². The van der Waals surface area contributed by atoms with Crippen LogP contribution in [0.25, 0.3) is 11.3 Å². The zero-order valence-electron chi connectivity index (χ0n) is 11.8. The summed E-state index contributed by atoms with van der Waals surface area (Å²) in [7, 11) is 1.66. The van der Waals surface area contributed by atoms with Crippen LogP contribution in [0.4, 0.5) is 0 Å². The zero-order valence-corrected chi connectivity index (χ0v) is 11.8. The van der Waals surface area contributed by atoms with Crippen LogP contribution in [0, 0.1) is 20.8 Å². The van der Waals surface area contributed by atoms with E-state index in [1.54, 1.807) is 13.1 Å². The number of aryl methyl sites for hydroxylation is 4. The first-order chi connectivity index (χ1) is 8.93. The molecule has 0 bridgehead atoms. The van der Waals surface area contributed by atoms with Crippen LogP contribution in [-0.4, -0.2) is 9.78 Å². The summed E-state index contributed by atoms with van der Waals surface area (Å²) >= 11 is 0. The lowest BCUT2D eigenvalue weighted by molar-refractivity contribution is 0.703. The number of rotatable bonds is 2. The lowest BCUT2D eigenvalue weighted by Crippen LogP contribution is -2.22. The predicted molar refractivity (Wildman–Crippen MR) is 77.0 cm³/mol. The SMILES string of the molecule is Cc1cc(C)c(-c2nn(C)c(=O)cc2CN)c(C)c1. The predicted octanol–water partition coefficient (Wildman–Crippen LogP) is 1.83. The maximum Gasteiger partial charge on any atom is 0.266 e. The summed E-state index contributed by atoms with van der Waals surface area (Å²) < 4.78 is 1.35. The molecule has 0 saturated carbocycles. The highest BCUT2D eigenvalue weighted by atomic mass is 16.1. The fourth-order valence-corrected chi connectivity index (χ4v) is 2.49. The van der Waals surface area contributed by atoms with Crippen LogP contribution in [0.5, 0.6) is 0 Å². The normalized spacial score (nSPS) is 10.8. The fourth-order valence-electron chi connectivity index (χ4n) is 2.49. The van der Waals surface area contributed by atoms with Gasteiger partial charge in [0.1, 0.15) is 0 Å². The summed E-state index contributed by atoms with van der Waals surface area (Å²) in [6.07, 6.45) is 0. The van der Waals surface area contributed by atoms with Gasteiger partial charge in [0, 0.05) is 25.2 Å². The minimum Gasteiger partial charge on any atom is -0.326 e. The number of hydrogen-bond donors (Lipinski definition) is 1. The Labute approximate surface area is 112 Å². The Morgan fingerprint density at radius 3 is 2.26 bits per heavy atom. The van der Waals surface area contributed by atoms with Gasteiger partial charge in [-0.3, -0.25) is 4.79 Å². The molecule has 0 saturated heterocycles. The van der Waals surface area contributed by atoms with Gasteiger partial charge in [0.25, 0.3) is 5.56 Å². The van der Waals surface area contributed by atoms with Gasteiger partial charge in [-0.2, -0.15) is 5.10 Å². The molecule has 0 aliphatic heterocycles. The van der Waals surface area contributed by atoms with Crippen molar-refractivity contribution in [3.8, 4) is 11.3 Å². The average molecular weight is 257 g/mol. The molecule has 2 aromatic rings. The molecule has 0 unspecified atom stereocenters. The average Bonchev–Trinajstić information content (AvgIpc) is 2.32. The van der Waals surface area contributed by atoms with Crippen molar-refractivity contribution in [2.45, 2.75) is 27.3 Å². The molecule has 0 aliphatic carbocycles. The molecule has 0 radical (unpaired) electrons. The van der Waals surface area contributed by atoms with Crippen LogP contribution < -0.4 is 11.3 Å². The lowest BCUT2D eigenvalue weighted by atomic mass is 9.95. The highest BCUT2D eigenvalue weighted by molar-refractivity contribution is 5.70. The van der Waals surface area contributed by atoms with Gasteiger partial charge < -0.3 is 5.73 Å². The fraction of sp³-hybridized carbons (Fsp3) is 0.333. The Morgan fingerprint density at radius 2 is 1.74 bits per heavy atom. The van der Waals surface area contributed by atoms with Crippen LogP contribution in [0.3, 0.4) is 0 Å². The summed E-state index contributed by atoms with van der Waals surface area (Å²) in [6, 6.07) is 5.81. The van der Waals surface area contributed by atoms with Crippen molar-refractivity contribution in [2.75, 3.05) is 0 Å². The topological polar surface area (TPSA) is 60.9 Å². The third kappa shape index (κ3) is 2.44. The second-order valence-electron chi connectivity index (χ2n) is 4.96. The van der Waals surface area contributed by atoms with Gasteiger partial charge >= 0.3 is 0 Å². The van der Waals surface area contributed by atoms with Gasteiger partial charge in [-0.1, -0.05) is 17.7 Å². The van der Waals surface area contributed by atoms with Gasteiger partial charge in [-0.05, 0) is 37.5 Å². The van der Waals surface area contributed by atoms with E-state index in [0.717, 1.165) is 27.9 Å². The number of aromatic nitrogens is 2. The maximum absolute atomic E-state index is 11.7. The van der Waals surface area contributed by atoms with Gasteiger partial charge in [0.2, 0.25) is 0 Å². The van der Waals surface area contributed by atoms with Crippen LogP contribution in [0.1, 0.15) is 22.3 Å². The van der Waals surface area contributed by atoms with Crippen molar-refractivity contribution in [1.82, 2.24) is 9.78 Å². The molecular formula is C15H19N3O. The summed E-state index contributed by atoms with van der Waals surface area (Å²) in [5, 5.41) is 4.39. The first-order valence-corrected chi connectivity index (χ1v) is 6.29. The van der Waals surface area contributed by atoms with Crippen LogP contribution in [0.15, 0.2) is 23.0 Å². The molecule has 0 amide bonds. The Morgan fingerprint density at radius 1 is 1.16 bits per heavy atom. The van der Waals surface area contributed by atoms with E-state index in [1.807, 2.05) is 0 Å². The Hall–Kier alpha value is -1.94. The number of nitrogens with two attached hydrogens (primary N) is 1. The van der Waals surface area contributed by atoms with Gasteiger partial charge in [0.15, 0.2) is 0 Å². The molecular weight excluding hydrogens is 238 g/mol. The minimum absolute atomic E-state index is 0.133. The van der Waals surface area contributed by atoms with E-state index in [9.17, 15) is 4.79 Å². The third-order valence-electron chi connectivity index (χ3n) is 3.30. The van der Waals surface area contributed by atoms with E-state index in [0.29, 0.717) is 6.54 Å². The Balaban J connectivity index is 2.79. The molecule has 0 atom stereocenters. The van der Waals surface area contributed by atoms with Crippen molar-refractivity contribution < 1.29 is 0 Å². The lowest BCUT2D eigenvalue weighted by Gasteiger charge is -2.14. The van der Waals surface area contributed by atoms with E-state index in [-0.39, 0.29) is 5.56 Å². The number of hydrogen-bond acceptors (Lipinski definition) is 3. The molecule has 0 spiro atoms. The summed E-state index contributed by atoms with van der Waals surface area (Å²) in [4.78, 5) is 11.7. The number of benzene rings is 1. The van der Waals surface area contributed by atoms with Crippen LogP contribution >= 0.6 is 0 Å². The molecule has 2 rings (SSSR count). The first kappa shape index (κ1) is 13.5. The van der Waals surface area contributed by atoms with E-state index in [1.165, 1.54) is 10.2 Å². The second-order valence-corrected chi connectivity index (χ2v) is 4.96. The molecule has 0 aliphatic rings. The van der Waals surface area contributed by atoms with Crippen molar-refractivity contribution in [2.24, 2.45) is 12.8 Å². The molecule has 19 heavy (non-hydrogen) atoms. The molecule has 1 heterocycles. The molecule has 1 aromatic carbocycles. The van der Waals surface area contributed by atoms with Crippen LogP contribution in [-0.2, 0) is 13.6 Å². The molecule has 4 nitrogen and oxygen atoms in total. The Kier molecular flexibility index (Phi) is 3.53. The number of nitrogens with zero attached hydrogens (tertiary/aromatic N) is 2. The van der Waals surface area contributed by atoms with Gasteiger partial charge in [0.05, 0.1) is 5.69 Å². The smallest absolute Gasteiger partial charge is 0.266 e. The molecule has 100 valence electrons. The molecule has 1 aromatic heterocycles. The van der Waals surface area contributed by atoms with Crippen LogP contribution in [0.2, 0.25) is 0 Å². The monoisotopic (exact) mass is 257 g/mol. The Bertz CT molecular complexity index is 663. The van der Waals surface area contributed by atoms with E-state index in [2.05, 4.69) is 38.0 Å². The van der Waals surface area contributed by atoms with Gasteiger partial charge in [-0.15, -0.1) is 0 Å². The van der Waals surface area contributed by atoms with Crippen molar-refractivity contribution in [3.63, 3.8) is 0 Å². The maximum atomic E-state index is 11.7. The third-order valence-corrected chi connectivity index (χ3v) is 3.30. The van der Waals surface area contributed by atoms with Gasteiger partial charge in [-0.25, -0.2) is 4.68 Å². The minimum atomic E-state index is -0.133. The van der Waals surface area contributed by atoms with Crippen molar-refractivity contribution in [1.29, 1.82) is 0 Å². The highest BCUT2D eigenvalue weighted by Gasteiger charge is 2.13. The highest BCUT2D eigenvalue weighted by Crippen LogP contribution is 2.28. The summed E-state index contributed by atoms with van der Waals surface area (Å²) in [5.74, 6) is 0. The van der Waals surface area contributed by atoms with Crippen molar-refractivity contribution >= 4 is 0 Å². The quantitative estimate of drug-likeness (QED) is 0.893. The van der Waals surface area contributed by atoms with E-state index in [4.69, 9.17) is 5.73 Å². The second kappa shape index (κ2) is 4.97. The first-order valence-electron chi connectivity index (χ1n) is 6.29. The molecule has 2 N–H and O–H groups in total. The summed E-state index contributed by atoms with van der Waals surface area (Å²) in [6.45, 7) is 6.50. The summed E-state index contributed by atoms with van der Waals surface area (Å²) in [5.41, 5.74) is 11.8. The van der Waals surface area contributed by atoms with Crippen molar-refractivity contribution in [3.05, 3.63) is 50.8 Å². The molecule has 0 fully saturated rings. The van der Waals surface area contributed by atoms with E-state index < -0.39 is 0 Å². The standard InChI is InChI=1S/C15H19N3O/c1-9-5-10(2)14(11(3)6-9)15-12(8-16)7-13(19)18(4)17-15/h5-7H,8,16H2,1-4H3.